The maximum absolute atomic E-state index is 5.57. The topological polar surface area (TPSA) is 71.7 Å². The fourth-order valence-electron chi connectivity index (χ4n) is 1.52. The van der Waals surface area contributed by atoms with Crippen LogP contribution in [0.2, 0.25) is 0 Å². The Labute approximate surface area is 107 Å². The molecular weight excluding hydrogens is 228 g/mol. The molecule has 0 heterocycles. The number of rotatable bonds is 6. The van der Waals surface area contributed by atoms with E-state index in [-0.39, 0.29) is 0 Å². The third-order valence-electron chi connectivity index (χ3n) is 2.64. The Morgan fingerprint density at radius 3 is 2.78 bits per heavy atom. The van der Waals surface area contributed by atoms with Crippen LogP contribution in [-0.4, -0.2) is 25.2 Å². The van der Waals surface area contributed by atoms with Crippen LogP contribution < -0.4 is 21.3 Å². The molecule has 1 aliphatic rings. The van der Waals surface area contributed by atoms with Crippen LogP contribution in [0.3, 0.4) is 0 Å². The Bertz CT molecular complexity index is 376. The van der Waals surface area contributed by atoms with Crippen LogP contribution in [0.4, 0.5) is 0 Å². The summed E-state index contributed by atoms with van der Waals surface area (Å²) in [5.41, 5.74) is 2.58. The van der Waals surface area contributed by atoms with Gasteiger partial charge in [-0.3, -0.25) is 10.4 Å². The van der Waals surface area contributed by atoms with Crippen LogP contribution >= 0.6 is 0 Å². The van der Waals surface area contributed by atoms with Gasteiger partial charge in [0.25, 0.3) is 0 Å². The van der Waals surface area contributed by atoms with E-state index in [0.29, 0.717) is 25.2 Å². The molecule has 1 saturated carbocycles. The van der Waals surface area contributed by atoms with E-state index in [9.17, 15) is 0 Å². The molecule has 1 aromatic carbocycles. The summed E-state index contributed by atoms with van der Waals surface area (Å²) in [6, 6.07) is 10.3. The second-order valence-electron chi connectivity index (χ2n) is 4.31. The standard InChI is InChI=1S/C13H20N4O/c14-17-13(16-11-7-8-11)15-9-4-10-18-12-5-2-1-3-6-12/h1-3,5-6,11H,4,7-10,14H2,(H2,15,16,17). The van der Waals surface area contributed by atoms with Gasteiger partial charge in [-0.05, 0) is 25.0 Å². The highest BCUT2D eigenvalue weighted by Gasteiger charge is 2.21. The summed E-state index contributed by atoms with van der Waals surface area (Å²) in [6.45, 7) is 1.36. The number of hydrogen-bond donors (Lipinski definition) is 3. The van der Waals surface area contributed by atoms with Gasteiger partial charge in [-0.2, -0.15) is 0 Å². The van der Waals surface area contributed by atoms with Gasteiger partial charge < -0.3 is 10.1 Å². The third-order valence-corrected chi connectivity index (χ3v) is 2.64. The predicted molar refractivity (Wildman–Crippen MR) is 72.3 cm³/mol. The number of nitrogens with one attached hydrogen (secondary N) is 2. The summed E-state index contributed by atoms with van der Waals surface area (Å²) in [5.74, 6) is 6.96. The van der Waals surface area contributed by atoms with Gasteiger partial charge in [0.15, 0.2) is 0 Å². The van der Waals surface area contributed by atoms with Crippen molar-refractivity contribution in [2.24, 2.45) is 10.8 Å². The number of nitrogens with two attached hydrogens (primary N) is 1. The summed E-state index contributed by atoms with van der Waals surface area (Å²) < 4.78 is 5.57. The lowest BCUT2D eigenvalue weighted by atomic mass is 10.3. The highest BCUT2D eigenvalue weighted by atomic mass is 16.5. The summed E-state index contributed by atoms with van der Waals surface area (Å²) in [6.07, 6.45) is 3.28. The van der Waals surface area contributed by atoms with Crippen molar-refractivity contribution in [3.05, 3.63) is 30.3 Å². The van der Waals surface area contributed by atoms with Crippen molar-refractivity contribution in [3.63, 3.8) is 0 Å². The third kappa shape index (κ3) is 4.63. The van der Waals surface area contributed by atoms with E-state index in [1.807, 2.05) is 30.3 Å². The summed E-state index contributed by atoms with van der Waals surface area (Å²) in [5, 5.41) is 3.22. The number of benzene rings is 1. The quantitative estimate of drug-likeness (QED) is 0.231. The minimum atomic E-state index is 0.556. The fourth-order valence-corrected chi connectivity index (χ4v) is 1.52. The Morgan fingerprint density at radius 1 is 1.33 bits per heavy atom. The average Bonchev–Trinajstić information content (AvgIpc) is 3.22. The minimum Gasteiger partial charge on any atom is -0.494 e. The van der Waals surface area contributed by atoms with E-state index < -0.39 is 0 Å². The molecule has 98 valence electrons. The van der Waals surface area contributed by atoms with Crippen molar-refractivity contribution in [3.8, 4) is 5.75 Å². The van der Waals surface area contributed by atoms with Crippen LogP contribution in [0.1, 0.15) is 19.3 Å². The van der Waals surface area contributed by atoms with Crippen LogP contribution in [0.5, 0.6) is 5.75 Å². The van der Waals surface area contributed by atoms with Crippen molar-refractivity contribution in [2.45, 2.75) is 25.3 Å². The molecule has 4 N–H and O–H groups in total. The van der Waals surface area contributed by atoms with E-state index >= 15 is 0 Å². The zero-order valence-corrected chi connectivity index (χ0v) is 10.4. The number of hydrogen-bond acceptors (Lipinski definition) is 3. The molecular formula is C13H20N4O. The Kier molecular flexibility index (Phi) is 4.84. The summed E-state index contributed by atoms with van der Waals surface area (Å²) in [7, 11) is 0. The smallest absolute Gasteiger partial charge is 0.205 e. The largest absolute Gasteiger partial charge is 0.494 e. The number of hydrazine groups is 1. The molecule has 5 heteroatoms. The van der Waals surface area contributed by atoms with E-state index in [2.05, 4.69) is 15.7 Å². The lowest BCUT2D eigenvalue weighted by molar-refractivity contribution is 0.313. The molecule has 0 spiro atoms. The normalized spacial score (nSPS) is 15.3. The SMILES string of the molecule is NNC(=NCCCOc1ccccc1)NC1CC1. The average molecular weight is 248 g/mol. The van der Waals surface area contributed by atoms with E-state index in [4.69, 9.17) is 10.6 Å². The lowest BCUT2D eigenvalue weighted by Gasteiger charge is -2.08. The molecule has 0 amide bonds. The fraction of sp³-hybridized carbons (Fsp3) is 0.462. The Morgan fingerprint density at radius 2 is 2.11 bits per heavy atom. The van der Waals surface area contributed by atoms with Crippen molar-refractivity contribution in [1.29, 1.82) is 0 Å². The first-order valence-corrected chi connectivity index (χ1v) is 6.34. The second kappa shape index (κ2) is 6.86. The maximum Gasteiger partial charge on any atom is 0.205 e. The molecule has 0 aliphatic heterocycles. The summed E-state index contributed by atoms with van der Waals surface area (Å²) in [4.78, 5) is 4.34. The first-order valence-electron chi connectivity index (χ1n) is 6.34. The highest BCUT2D eigenvalue weighted by Crippen LogP contribution is 2.18. The van der Waals surface area contributed by atoms with E-state index in [0.717, 1.165) is 12.2 Å². The van der Waals surface area contributed by atoms with Gasteiger partial charge in [0.2, 0.25) is 5.96 Å². The van der Waals surface area contributed by atoms with Crippen molar-refractivity contribution < 1.29 is 4.74 Å². The number of aliphatic imine (C=N–C) groups is 1. The molecule has 0 atom stereocenters. The second-order valence-corrected chi connectivity index (χ2v) is 4.31. The van der Waals surface area contributed by atoms with Gasteiger partial charge in [-0.15, -0.1) is 0 Å². The molecule has 2 rings (SSSR count). The van der Waals surface area contributed by atoms with Crippen LogP contribution in [0.25, 0.3) is 0 Å². The molecule has 1 fully saturated rings. The zero-order chi connectivity index (χ0) is 12.6. The summed E-state index contributed by atoms with van der Waals surface area (Å²) >= 11 is 0. The monoisotopic (exact) mass is 248 g/mol. The molecule has 0 unspecified atom stereocenters. The minimum absolute atomic E-state index is 0.556. The molecule has 1 aliphatic carbocycles. The first-order chi connectivity index (χ1) is 8.88. The van der Waals surface area contributed by atoms with Gasteiger partial charge in [0, 0.05) is 19.0 Å². The Hall–Kier alpha value is -1.75. The van der Waals surface area contributed by atoms with Gasteiger partial charge in [-0.1, -0.05) is 18.2 Å². The molecule has 0 aromatic heterocycles. The molecule has 5 nitrogen and oxygen atoms in total. The molecule has 0 saturated heterocycles. The van der Waals surface area contributed by atoms with Crippen molar-refractivity contribution >= 4 is 5.96 Å². The molecule has 18 heavy (non-hydrogen) atoms. The van der Waals surface area contributed by atoms with Gasteiger partial charge >= 0.3 is 0 Å². The number of guanidine groups is 1. The van der Waals surface area contributed by atoms with Crippen molar-refractivity contribution in [1.82, 2.24) is 10.7 Å². The van der Waals surface area contributed by atoms with Crippen molar-refractivity contribution in [2.75, 3.05) is 13.2 Å². The van der Waals surface area contributed by atoms with Gasteiger partial charge in [0.05, 0.1) is 6.61 Å². The number of para-hydroxylation sites is 1. The van der Waals surface area contributed by atoms with E-state index in [1.54, 1.807) is 0 Å². The van der Waals surface area contributed by atoms with E-state index in [1.165, 1.54) is 12.8 Å². The predicted octanol–water partition coefficient (Wildman–Crippen LogP) is 1.03. The molecule has 0 radical (unpaired) electrons. The number of ether oxygens (including phenoxy) is 1. The van der Waals surface area contributed by atoms with Crippen LogP contribution in [0.15, 0.2) is 35.3 Å². The zero-order valence-electron chi connectivity index (χ0n) is 10.4. The van der Waals surface area contributed by atoms with Gasteiger partial charge in [-0.25, -0.2) is 5.84 Å². The maximum atomic E-state index is 5.57. The van der Waals surface area contributed by atoms with Gasteiger partial charge in [0.1, 0.15) is 5.75 Å². The van der Waals surface area contributed by atoms with Crippen LogP contribution in [-0.2, 0) is 0 Å². The Balaban J connectivity index is 1.60. The molecule has 1 aromatic rings. The lowest BCUT2D eigenvalue weighted by Crippen LogP contribution is -2.42. The molecule has 0 bridgehead atoms. The van der Waals surface area contributed by atoms with Crippen LogP contribution in [0, 0.1) is 0 Å². The number of nitrogens with zero attached hydrogens (tertiary/aromatic N) is 1. The first kappa shape index (κ1) is 12.7. The highest BCUT2D eigenvalue weighted by molar-refractivity contribution is 5.79.